The average molecular weight is 354 g/mol. The Bertz CT molecular complexity index is 582. The van der Waals surface area contributed by atoms with Crippen LogP contribution in [0.5, 0.6) is 0 Å². The van der Waals surface area contributed by atoms with Crippen molar-refractivity contribution in [3.05, 3.63) is 29.0 Å². The summed E-state index contributed by atoms with van der Waals surface area (Å²) < 4.78 is 0. The SMILES string of the molecule is CC[C@@H]1CN(C(=O)c2ccnc(Cl)c2)CC[C@H]1CC(=O)NCCO. The molecule has 1 aliphatic heterocycles. The van der Waals surface area contributed by atoms with Gasteiger partial charge < -0.3 is 15.3 Å². The fourth-order valence-electron chi connectivity index (χ4n) is 3.22. The Hall–Kier alpha value is -1.66. The lowest BCUT2D eigenvalue weighted by Crippen LogP contribution is -2.45. The minimum absolute atomic E-state index is 0.0341. The van der Waals surface area contributed by atoms with Crippen LogP contribution in [-0.4, -0.2) is 53.0 Å². The zero-order valence-corrected chi connectivity index (χ0v) is 14.6. The molecule has 0 radical (unpaired) electrons. The fraction of sp³-hybridized carbons (Fsp3) is 0.588. The molecule has 1 aliphatic rings. The van der Waals surface area contributed by atoms with Crippen molar-refractivity contribution in [2.45, 2.75) is 26.2 Å². The number of aliphatic hydroxyl groups is 1. The van der Waals surface area contributed by atoms with E-state index < -0.39 is 0 Å². The first kappa shape index (κ1) is 18.7. The lowest BCUT2D eigenvalue weighted by molar-refractivity contribution is -0.123. The largest absolute Gasteiger partial charge is 0.395 e. The Balaban J connectivity index is 1.96. The van der Waals surface area contributed by atoms with Crippen LogP contribution >= 0.6 is 11.6 Å². The van der Waals surface area contributed by atoms with E-state index in [4.69, 9.17) is 16.7 Å². The van der Waals surface area contributed by atoms with E-state index in [9.17, 15) is 9.59 Å². The number of nitrogens with zero attached hydrogens (tertiary/aromatic N) is 2. The fourth-order valence-corrected chi connectivity index (χ4v) is 3.39. The number of piperidine rings is 1. The predicted octanol–water partition coefficient (Wildman–Crippen LogP) is 1.72. The van der Waals surface area contributed by atoms with Crippen molar-refractivity contribution < 1.29 is 14.7 Å². The number of hydrogen-bond acceptors (Lipinski definition) is 4. The quantitative estimate of drug-likeness (QED) is 0.763. The number of likely N-dealkylation sites (tertiary alicyclic amines) is 1. The predicted molar refractivity (Wildman–Crippen MR) is 91.8 cm³/mol. The first-order valence-electron chi connectivity index (χ1n) is 8.33. The Morgan fingerprint density at radius 1 is 1.46 bits per heavy atom. The van der Waals surface area contributed by atoms with Gasteiger partial charge in [0, 0.05) is 37.8 Å². The topological polar surface area (TPSA) is 82.5 Å². The van der Waals surface area contributed by atoms with E-state index in [0.717, 1.165) is 12.8 Å². The Morgan fingerprint density at radius 3 is 2.92 bits per heavy atom. The van der Waals surface area contributed by atoms with Crippen LogP contribution in [0, 0.1) is 11.8 Å². The molecule has 2 atom stereocenters. The number of rotatable bonds is 6. The summed E-state index contributed by atoms with van der Waals surface area (Å²) in [5.74, 6) is 0.479. The van der Waals surface area contributed by atoms with Gasteiger partial charge in [0.25, 0.3) is 5.91 Å². The highest BCUT2D eigenvalue weighted by molar-refractivity contribution is 6.29. The second-order valence-electron chi connectivity index (χ2n) is 6.11. The molecule has 0 aliphatic carbocycles. The van der Waals surface area contributed by atoms with E-state index >= 15 is 0 Å². The minimum Gasteiger partial charge on any atom is -0.395 e. The van der Waals surface area contributed by atoms with Crippen LogP contribution in [0.2, 0.25) is 5.15 Å². The van der Waals surface area contributed by atoms with Gasteiger partial charge in [-0.3, -0.25) is 9.59 Å². The van der Waals surface area contributed by atoms with E-state index in [2.05, 4.69) is 17.2 Å². The molecule has 7 heteroatoms. The molecule has 2 amide bonds. The zero-order chi connectivity index (χ0) is 17.5. The lowest BCUT2D eigenvalue weighted by atomic mass is 9.81. The minimum atomic E-state index is -0.0512. The standard InChI is InChI=1S/C17H24ClN3O3/c1-2-12-11-21(17(24)14-3-5-19-15(18)9-14)7-4-13(12)10-16(23)20-6-8-22/h3,5,9,12-13,22H,2,4,6-8,10-11H2,1H3,(H,20,23)/t12-,13+/m1/s1. The summed E-state index contributed by atoms with van der Waals surface area (Å²) in [6.45, 7) is 3.60. The summed E-state index contributed by atoms with van der Waals surface area (Å²) in [5, 5.41) is 11.8. The van der Waals surface area contributed by atoms with Gasteiger partial charge in [0.1, 0.15) is 5.15 Å². The maximum atomic E-state index is 12.6. The third-order valence-corrected chi connectivity index (χ3v) is 4.76. The van der Waals surface area contributed by atoms with Crippen LogP contribution in [0.1, 0.15) is 36.5 Å². The molecule has 0 aromatic carbocycles. The summed E-state index contributed by atoms with van der Waals surface area (Å²) >= 11 is 5.86. The van der Waals surface area contributed by atoms with Crippen LogP contribution in [0.25, 0.3) is 0 Å². The normalized spacial score (nSPS) is 20.7. The highest BCUT2D eigenvalue weighted by Gasteiger charge is 2.32. The molecule has 0 bridgehead atoms. The Labute approximate surface area is 147 Å². The molecular weight excluding hydrogens is 330 g/mol. The van der Waals surface area contributed by atoms with Gasteiger partial charge >= 0.3 is 0 Å². The summed E-state index contributed by atoms with van der Waals surface area (Å²) in [7, 11) is 0. The van der Waals surface area contributed by atoms with Crippen LogP contribution < -0.4 is 5.32 Å². The van der Waals surface area contributed by atoms with Gasteiger partial charge in [0.2, 0.25) is 5.91 Å². The highest BCUT2D eigenvalue weighted by Crippen LogP contribution is 2.29. The molecular formula is C17H24ClN3O3. The molecule has 2 rings (SSSR count). The number of carbonyl (C=O) groups is 2. The Morgan fingerprint density at radius 2 is 2.25 bits per heavy atom. The van der Waals surface area contributed by atoms with Gasteiger partial charge in [-0.25, -0.2) is 4.98 Å². The molecule has 1 aromatic heterocycles. The summed E-state index contributed by atoms with van der Waals surface area (Å²) in [5.41, 5.74) is 0.545. The van der Waals surface area contributed by atoms with Crippen molar-refractivity contribution in [1.29, 1.82) is 0 Å². The average Bonchev–Trinajstić information content (AvgIpc) is 2.59. The first-order chi connectivity index (χ1) is 11.5. The van der Waals surface area contributed by atoms with Crippen molar-refractivity contribution in [3.8, 4) is 0 Å². The van der Waals surface area contributed by atoms with Crippen LogP contribution in [0.4, 0.5) is 0 Å². The number of aromatic nitrogens is 1. The van der Waals surface area contributed by atoms with Gasteiger partial charge in [-0.15, -0.1) is 0 Å². The Kier molecular flexibility index (Phi) is 6.99. The number of aliphatic hydroxyl groups excluding tert-OH is 1. The smallest absolute Gasteiger partial charge is 0.254 e. The molecule has 2 heterocycles. The molecule has 0 spiro atoms. The summed E-state index contributed by atoms with van der Waals surface area (Å²) in [4.78, 5) is 30.2. The van der Waals surface area contributed by atoms with Crippen molar-refractivity contribution in [1.82, 2.24) is 15.2 Å². The maximum absolute atomic E-state index is 12.6. The second-order valence-corrected chi connectivity index (χ2v) is 6.50. The number of hydrogen-bond donors (Lipinski definition) is 2. The van der Waals surface area contributed by atoms with Crippen LogP contribution in [0.3, 0.4) is 0 Å². The molecule has 0 unspecified atom stereocenters. The van der Waals surface area contributed by atoms with Gasteiger partial charge in [0.15, 0.2) is 0 Å². The number of amides is 2. The number of nitrogens with one attached hydrogen (secondary N) is 1. The number of carbonyl (C=O) groups excluding carboxylic acids is 2. The molecule has 6 nitrogen and oxygen atoms in total. The monoisotopic (exact) mass is 353 g/mol. The van der Waals surface area contributed by atoms with E-state index in [-0.39, 0.29) is 30.9 Å². The maximum Gasteiger partial charge on any atom is 0.254 e. The third kappa shape index (κ3) is 4.92. The zero-order valence-electron chi connectivity index (χ0n) is 13.9. The lowest BCUT2D eigenvalue weighted by Gasteiger charge is -2.38. The van der Waals surface area contributed by atoms with E-state index in [1.807, 2.05) is 4.90 Å². The molecule has 2 N–H and O–H groups in total. The third-order valence-electron chi connectivity index (χ3n) is 4.56. The van der Waals surface area contributed by atoms with E-state index in [1.165, 1.54) is 6.20 Å². The van der Waals surface area contributed by atoms with Crippen molar-refractivity contribution >= 4 is 23.4 Å². The van der Waals surface area contributed by atoms with Crippen molar-refractivity contribution in [2.75, 3.05) is 26.2 Å². The molecule has 1 saturated heterocycles. The first-order valence-corrected chi connectivity index (χ1v) is 8.71. The van der Waals surface area contributed by atoms with Gasteiger partial charge in [-0.05, 0) is 30.4 Å². The van der Waals surface area contributed by atoms with Gasteiger partial charge in [0.05, 0.1) is 6.61 Å². The van der Waals surface area contributed by atoms with Crippen LogP contribution in [-0.2, 0) is 4.79 Å². The van der Waals surface area contributed by atoms with E-state index in [1.54, 1.807) is 12.1 Å². The molecule has 1 aromatic rings. The summed E-state index contributed by atoms with van der Waals surface area (Å²) in [6.07, 6.45) is 3.70. The van der Waals surface area contributed by atoms with Crippen molar-refractivity contribution in [3.63, 3.8) is 0 Å². The van der Waals surface area contributed by atoms with Crippen LogP contribution in [0.15, 0.2) is 18.3 Å². The number of halogens is 1. The molecule has 0 saturated carbocycles. The molecule has 24 heavy (non-hydrogen) atoms. The second kappa shape index (κ2) is 8.99. The number of pyridine rings is 1. The molecule has 132 valence electrons. The van der Waals surface area contributed by atoms with Gasteiger partial charge in [-0.1, -0.05) is 24.9 Å². The summed E-state index contributed by atoms with van der Waals surface area (Å²) in [6, 6.07) is 3.25. The van der Waals surface area contributed by atoms with E-state index in [0.29, 0.717) is 36.1 Å². The molecule has 1 fully saturated rings. The highest BCUT2D eigenvalue weighted by atomic mass is 35.5. The van der Waals surface area contributed by atoms with Gasteiger partial charge in [-0.2, -0.15) is 0 Å². The van der Waals surface area contributed by atoms with Crippen molar-refractivity contribution in [2.24, 2.45) is 11.8 Å².